The van der Waals surface area contributed by atoms with Crippen LogP contribution < -0.4 is 5.73 Å². The Hall–Kier alpha value is -1.61. The molecule has 0 aliphatic heterocycles. The van der Waals surface area contributed by atoms with Crippen LogP contribution in [-0.2, 0) is 31.8 Å². The molecule has 1 aliphatic rings. The number of aromatic nitrogens is 2. The standard InChI is InChI=1S/C16H21N3/c1-3-13-10-14(19(2)18-13)11-16(17)9-8-12-6-4-5-7-15(12)16/h4-7,10H,3,8-9,11,17H2,1-2H3. The van der Waals surface area contributed by atoms with Crippen molar-refractivity contribution in [3.05, 3.63) is 52.8 Å². The first-order valence-electron chi connectivity index (χ1n) is 7.01. The highest BCUT2D eigenvalue weighted by molar-refractivity contribution is 5.39. The van der Waals surface area contributed by atoms with Crippen molar-refractivity contribution in [1.82, 2.24) is 9.78 Å². The largest absolute Gasteiger partial charge is 0.321 e. The lowest BCUT2D eigenvalue weighted by Gasteiger charge is -2.25. The fourth-order valence-electron chi connectivity index (χ4n) is 3.13. The third-order valence-corrected chi connectivity index (χ3v) is 4.28. The summed E-state index contributed by atoms with van der Waals surface area (Å²) in [6, 6.07) is 10.8. The van der Waals surface area contributed by atoms with Gasteiger partial charge in [-0.25, -0.2) is 0 Å². The van der Waals surface area contributed by atoms with Gasteiger partial charge in [0.2, 0.25) is 0 Å². The zero-order valence-corrected chi connectivity index (χ0v) is 11.7. The molecule has 100 valence electrons. The molecule has 2 N–H and O–H groups in total. The predicted molar refractivity (Wildman–Crippen MR) is 76.9 cm³/mol. The molecule has 3 nitrogen and oxygen atoms in total. The summed E-state index contributed by atoms with van der Waals surface area (Å²) in [7, 11) is 2.01. The van der Waals surface area contributed by atoms with Crippen LogP contribution >= 0.6 is 0 Å². The summed E-state index contributed by atoms with van der Waals surface area (Å²) in [4.78, 5) is 0. The van der Waals surface area contributed by atoms with Crippen molar-refractivity contribution in [2.45, 2.75) is 38.1 Å². The molecule has 0 saturated heterocycles. The lowest BCUT2D eigenvalue weighted by atomic mass is 9.88. The Morgan fingerprint density at radius 3 is 2.89 bits per heavy atom. The normalized spacial score (nSPS) is 21.6. The molecule has 0 spiro atoms. The Kier molecular flexibility index (Phi) is 2.94. The summed E-state index contributed by atoms with van der Waals surface area (Å²) >= 11 is 0. The van der Waals surface area contributed by atoms with Crippen LogP contribution in [0.15, 0.2) is 30.3 Å². The minimum absolute atomic E-state index is 0.227. The van der Waals surface area contributed by atoms with Gasteiger partial charge in [0.1, 0.15) is 0 Å². The number of hydrogen-bond acceptors (Lipinski definition) is 2. The first kappa shape index (κ1) is 12.4. The molecule has 1 aromatic heterocycles. The summed E-state index contributed by atoms with van der Waals surface area (Å²) in [5, 5.41) is 4.52. The van der Waals surface area contributed by atoms with Crippen LogP contribution in [0.1, 0.15) is 35.9 Å². The molecule has 0 amide bonds. The molecule has 3 heteroatoms. The zero-order valence-electron chi connectivity index (χ0n) is 11.7. The molecule has 0 bridgehead atoms. The molecular weight excluding hydrogens is 234 g/mol. The number of benzene rings is 1. The average Bonchev–Trinajstić information content (AvgIpc) is 2.93. The summed E-state index contributed by atoms with van der Waals surface area (Å²) in [5.41, 5.74) is 11.6. The van der Waals surface area contributed by atoms with Crippen molar-refractivity contribution >= 4 is 0 Å². The SMILES string of the molecule is CCc1cc(CC2(N)CCc3ccccc32)n(C)n1. The minimum Gasteiger partial charge on any atom is -0.321 e. The van der Waals surface area contributed by atoms with Gasteiger partial charge in [0.25, 0.3) is 0 Å². The summed E-state index contributed by atoms with van der Waals surface area (Å²) in [5.74, 6) is 0. The number of aryl methyl sites for hydroxylation is 3. The Labute approximate surface area is 114 Å². The monoisotopic (exact) mass is 255 g/mol. The fraction of sp³-hybridized carbons (Fsp3) is 0.438. The van der Waals surface area contributed by atoms with Crippen LogP contribution in [0.2, 0.25) is 0 Å². The molecular formula is C16H21N3. The van der Waals surface area contributed by atoms with Gasteiger partial charge in [-0.05, 0) is 36.5 Å². The molecule has 2 aromatic rings. The maximum atomic E-state index is 6.68. The van der Waals surface area contributed by atoms with E-state index in [-0.39, 0.29) is 5.54 Å². The van der Waals surface area contributed by atoms with E-state index >= 15 is 0 Å². The molecule has 1 aromatic carbocycles. The molecule has 3 rings (SSSR count). The minimum atomic E-state index is -0.227. The van der Waals surface area contributed by atoms with Gasteiger partial charge in [-0.15, -0.1) is 0 Å². The van der Waals surface area contributed by atoms with Crippen LogP contribution in [0.25, 0.3) is 0 Å². The van der Waals surface area contributed by atoms with E-state index in [2.05, 4.69) is 42.4 Å². The van der Waals surface area contributed by atoms with Crippen LogP contribution in [0.5, 0.6) is 0 Å². The van der Waals surface area contributed by atoms with E-state index in [4.69, 9.17) is 5.73 Å². The van der Waals surface area contributed by atoms with Gasteiger partial charge in [-0.2, -0.15) is 5.10 Å². The second kappa shape index (κ2) is 4.49. The Morgan fingerprint density at radius 1 is 1.37 bits per heavy atom. The molecule has 0 saturated carbocycles. The molecule has 19 heavy (non-hydrogen) atoms. The second-order valence-corrected chi connectivity index (χ2v) is 5.59. The van der Waals surface area contributed by atoms with E-state index in [1.54, 1.807) is 0 Å². The highest BCUT2D eigenvalue weighted by Crippen LogP contribution is 2.37. The van der Waals surface area contributed by atoms with Gasteiger partial charge in [0.05, 0.1) is 5.69 Å². The highest BCUT2D eigenvalue weighted by Gasteiger charge is 2.35. The Balaban J connectivity index is 1.93. The van der Waals surface area contributed by atoms with Crippen molar-refractivity contribution in [2.24, 2.45) is 12.8 Å². The van der Waals surface area contributed by atoms with Gasteiger partial charge < -0.3 is 5.73 Å². The van der Waals surface area contributed by atoms with Gasteiger partial charge in [-0.1, -0.05) is 31.2 Å². The molecule has 1 atom stereocenters. The van der Waals surface area contributed by atoms with E-state index in [1.165, 1.54) is 16.8 Å². The van der Waals surface area contributed by atoms with Crippen molar-refractivity contribution in [1.29, 1.82) is 0 Å². The maximum absolute atomic E-state index is 6.68. The zero-order chi connectivity index (χ0) is 13.5. The fourth-order valence-corrected chi connectivity index (χ4v) is 3.13. The van der Waals surface area contributed by atoms with Crippen molar-refractivity contribution in [3.63, 3.8) is 0 Å². The lowest BCUT2D eigenvalue weighted by molar-refractivity contribution is 0.425. The van der Waals surface area contributed by atoms with Crippen molar-refractivity contribution in [2.75, 3.05) is 0 Å². The number of nitrogens with two attached hydrogens (primary N) is 1. The van der Waals surface area contributed by atoms with Gasteiger partial charge in [0.15, 0.2) is 0 Å². The molecule has 0 fully saturated rings. The third kappa shape index (κ3) is 2.08. The van der Waals surface area contributed by atoms with Gasteiger partial charge >= 0.3 is 0 Å². The molecule has 1 unspecified atom stereocenters. The lowest BCUT2D eigenvalue weighted by Crippen LogP contribution is -2.37. The first-order chi connectivity index (χ1) is 9.12. The summed E-state index contributed by atoms with van der Waals surface area (Å²) in [6.45, 7) is 2.13. The summed E-state index contributed by atoms with van der Waals surface area (Å²) in [6.07, 6.45) is 3.96. The first-order valence-corrected chi connectivity index (χ1v) is 7.01. The van der Waals surface area contributed by atoms with E-state index in [1.807, 2.05) is 11.7 Å². The molecule has 1 heterocycles. The number of nitrogens with zero attached hydrogens (tertiary/aromatic N) is 2. The van der Waals surface area contributed by atoms with Crippen LogP contribution in [0.3, 0.4) is 0 Å². The topological polar surface area (TPSA) is 43.8 Å². The van der Waals surface area contributed by atoms with Crippen LogP contribution in [0, 0.1) is 0 Å². The number of hydrogen-bond donors (Lipinski definition) is 1. The Bertz CT molecular complexity index is 600. The van der Waals surface area contributed by atoms with Gasteiger partial charge in [0, 0.05) is 24.7 Å². The van der Waals surface area contributed by atoms with Crippen LogP contribution in [-0.4, -0.2) is 9.78 Å². The second-order valence-electron chi connectivity index (χ2n) is 5.59. The number of rotatable bonds is 3. The van der Waals surface area contributed by atoms with E-state index in [0.29, 0.717) is 0 Å². The number of fused-ring (bicyclic) bond motifs is 1. The Morgan fingerprint density at radius 2 is 2.16 bits per heavy atom. The molecule has 0 radical (unpaired) electrons. The molecule has 1 aliphatic carbocycles. The third-order valence-electron chi connectivity index (χ3n) is 4.28. The highest BCUT2D eigenvalue weighted by atomic mass is 15.3. The van der Waals surface area contributed by atoms with Crippen molar-refractivity contribution in [3.8, 4) is 0 Å². The summed E-state index contributed by atoms with van der Waals surface area (Å²) < 4.78 is 1.98. The van der Waals surface area contributed by atoms with E-state index < -0.39 is 0 Å². The van der Waals surface area contributed by atoms with Crippen LogP contribution in [0.4, 0.5) is 0 Å². The van der Waals surface area contributed by atoms with E-state index in [9.17, 15) is 0 Å². The maximum Gasteiger partial charge on any atom is 0.0624 e. The smallest absolute Gasteiger partial charge is 0.0624 e. The van der Waals surface area contributed by atoms with Gasteiger partial charge in [-0.3, -0.25) is 4.68 Å². The average molecular weight is 255 g/mol. The van der Waals surface area contributed by atoms with Crippen molar-refractivity contribution < 1.29 is 0 Å². The quantitative estimate of drug-likeness (QED) is 0.914. The van der Waals surface area contributed by atoms with E-state index in [0.717, 1.165) is 31.4 Å². The predicted octanol–water partition coefficient (Wildman–Crippen LogP) is 2.33.